The van der Waals surface area contributed by atoms with Crippen LogP contribution in [0.5, 0.6) is 0 Å². The van der Waals surface area contributed by atoms with E-state index in [1.807, 2.05) is 27.7 Å². The van der Waals surface area contributed by atoms with Gasteiger partial charge in [0.2, 0.25) is 0 Å². The normalized spacial score (nSPS) is 12.1. The largest absolute Gasteiger partial charge is 0.386 e. The van der Waals surface area contributed by atoms with Gasteiger partial charge in [-0.15, -0.1) is 0 Å². The van der Waals surface area contributed by atoms with Crippen LogP contribution in [0.4, 0.5) is 0 Å². The molecule has 0 saturated carbocycles. The Labute approximate surface area is 90.8 Å². The molecule has 15 heavy (non-hydrogen) atoms. The molecule has 0 unspecified atom stereocenters. The first kappa shape index (κ1) is 13.6. The number of hydrogen-bond donors (Lipinski definition) is 0. The van der Waals surface area contributed by atoms with E-state index >= 15 is 0 Å². The molecule has 0 aliphatic heterocycles. The van der Waals surface area contributed by atoms with Gasteiger partial charge < -0.3 is 4.74 Å². The lowest BCUT2D eigenvalue weighted by molar-refractivity contribution is -0.153. The van der Waals surface area contributed by atoms with E-state index in [4.69, 9.17) is 0 Å². The zero-order valence-electron chi connectivity index (χ0n) is 9.79. The van der Waals surface area contributed by atoms with Gasteiger partial charge in [-0.1, -0.05) is 32.9 Å². The third kappa shape index (κ3) is 4.11. The Kier molecular flexibility index (Phi) is 5.60. The van der Waals surface area contributed by atoms with E-state index in [1.165, 1.54) is 0 Å². The Morgan fingerprint density at radius 1 is 1.40 bits per heavy atom. The molecule has 0 radical (unpaired) electrons. The van der Waals surface area contributed by atoms with Gasteiger partial charge in [0.25, 0.3) is 0 Å². The molecule has 0 atom stereocenters. The van der Waals surface area contributed by atoms with Crippen LogP contribution in [0.1, 0.15) is 34.1 Å². The summed E-state index contributed by atoms with van der Waals surface area (Å²) in [5.74, 6) is -1.22. The fourth-order valence-corrected chi connectivity index (χ4v) is 1.28. The number of carbonyl (C=O) groups is 2. The highest BCUT2D eigenvalue weighted by atomic mass is 16.6. The zero-order valence-corrected chi connectivity index (χ0v) is 9.79. The van der Waals surface area contributed by atoms with E-state index in [0.29, 0.717) is 5.57 Å². The fraction of sp³-hybridized carbons (Fsp3) is 0.500. The van der Waals surface area contributed by atoms with Crippen LogP contribution < -0.4 is 0 Å². The van der Waals surface area contributed by atoms with E-state index in [1.54, 1.807) is 0 Å². The molecular formula is C12H18O3. The van der Waals surface area contributed by atoms with Crippen LogP contribution >= 0.6 is 0 Å². The molecule has 0 N–H and O–H groups in total. The van der Waals surface area contributed by atoms with Gasteiger partial charge in [0, 0.05) is 11.6 Å². The van der Waals surface area contributed by atoms with E-state index in [-0.39, 0.29) is 5.92 Å². The van der Waals surface area contributed by atoms with E-state index in [9.17, 15) is 9.59 Å². The minimum Gasteiger partial charge on any atom is -0.386 e. The van der Waals surface area contributed by atoms with E-state index in [0.717, 1.165) is 18.1 Å². The van der Waals surface area contributed by atoms with Crippen LogP contribution in [0.25, 0.3) is 0 Å². The van der Waals surface area contributed by atoms with Gasteiger partial charge in [0.15, 0.2) is 0 Å². The summed E-state index contributed by atoms with van der Waals surface area (Å²) in [4.78, 5) is 22.5. The first-order chi connectivity index (χ1) is 6.93. The molecule has 0 saturated heterocycles. The number of allylic oxidation sites excluding steroid dienone is 1. The molecule has 0 aromatic heterocycles. The molecule has 0 fully saturated rings. The zero-order chi connectivity index (χ0) is 12.0. The quantitative estimate of drug-likeness (QED) is 0.407. The maximum atomic E-state index is 11.6. The summed E-state index contributed by atoms with van der Waals surface area (Å²) in [5, 5.41) is 0. The number of rotatable bonds is 4. The predicted molar refractivity (Wildman–Crippen MR) is 59.1 cm³/mol. The molecule has 0 aromatic rings. The van der Waals surface area contributed by atoms with Gasteiger partial charge in [-0.05, 0) is 19.3 Å². The summed E-state index contributed by atoms with van der Waals surface area (Å²) in [6, 6.07) is 0. The third-order valence-electron chi connectivity index (χ3n) is 2.15. The number of esters is 2. The molecule has 3 heteroatoms. The lowest BCUT2D eigenvalue weighted by atomic mass is 9.97. The minimum atomic E-state index is -0.706. The fourth-order valence-electron chi connectivity index (χ4n) is 1.28. The summed E-state index contributed by atoms with van der Waals surface area (Å²) in [6.07, 6.45) is 1.75. The molecule has 0 aliphatic carbocycles. The van der Waals surface area contributed by atoms with Gasteiger partial charge in [0.05, 0.1) is 0 Å². The average molecular weight is 210 g/mol. The number of hydrogen-bond acceptors (Lipinski definition) is 3. The summed E-state index contributed by atoms with van der Waals surface area (Å²) >= 11 is 0. The lowest BCUT2D eigenvalue weighted by Gasteiger charge is -2.12. The van der Waals surface area contributed by atoms with Gasteiger partial charge in [-0.3, -0.25) is 0 Å². The second-order valence-electron chi connectivity index (χ2n) is 3.61. The molecule has 0 heterocycles. The molecular weight excluding hydrogens is 192 g/mol. The smallest absolute Gasteiger partial charge is 0.342 e. The molecule has 0 aliphatic rings. The second kappa shape index (κ2) is 6.17. The van der Waals surface area contributed by atoms with Crippen molar-refractivity contribution in [3.05, 3.63) is 23.8 Å². The van der Waals surface area contributed by atoms with Crippen molar-refractivity contribution in [3.8, 4) is 0 Å². The van der Waals surface area contributed by atoms with Crippen LogP contribution in [-0.4, -0.2) is 11.9 Å². The van der Waals surface area contributed by atoms with Crippen LogP contribution in [0, 0.1) is 5.92 Å². The van der Waals surface area contributed by atoms with Crippen LogP contribution in [0.3, 0.4) is 0 Å². The maximum absolute atomic E-state index is 11.6. The summed E-state index contributed by atoms with van der Waals surface area (Å²) in [5.41, 5.74) is 1.53. The molecule has 0 aromatic carbocycles. The summed E-state index contributed by atoms with van der Waals surface area (Å²) < 4.78 is 4.59. The standard InChI is InChI=1S/C12H18O3/c1-6-9(5)11(8(3)4)12(14)15-10(13)7-2/h7-8H,2,6H2,1,3-5H3/b11-9-. The monoisotopic (exact) mass is 210 g/mol. The Hall–Kier alpha value is -1.38. The highest BCUT2D eigenvalue weighted by Crippen LogP contribution is 2.18. The first-order valence-corrected chi connectivity index (χ1v) is 5.02. The van der Waals surface area contributed by atoms with Crippen molar-refractivity contribution < 1.29 is 14.3 Å². The molecule has 0 rings (SSSR count). The van der Waals surface area contributed by atoms with Gasteiger partial charge in [-0.25, -0.2) is 9.59 Å². The second-order valence-corrected chi connectivity index (χ2v) is 3.61. The van der Waals surface area contributed by atoms with Crippen LogP contribution in [-0.2, 0) is 14.3 Å². The number of ether oxygens (including phenoxy) is 1. The van der Waals surface area contributed by atoms with Gasteiger partial charge >= 0.3 is 11.9 Å². The minimum absolute atomic E-state index is 0.0510. The molecule has 0 spiro atoms. The van der Waals surface area contributed by atoms with Gasteiger partial charge in [-0.2, -0.15) is 0 Å². The number of carbonyl (C=O) groups excluding carboxylic acids is 2. The van der Waals surface area contributed by atoms with Crippen molar-refractivity contribution in [1.82, 2.24) is 0 Å². The third-order valence-corrected chi connectivity index (χ3v) is 2.15. The Balaban J connectivity index is 4.89. The van der Waals surface area contributed by atoms with Crippen LogP contribution in [0.15, 0.2) is 23.8 Å². The van der Waals surface area contributed by atoms with Crippen molar-refractivity contribution in [3.63, 3.8) is 0 Å². The average Bonchev–Trinajstić information content (AvgIpc) is 2.16. The Morgan fingerprint density at radius 2 is 1.93 bits per heavy atom. The molecule has 84 valence electrons. The van der Waals surface area contributed by atoms with Crippen molar-refractivity contribution in [2.45, 2.75) is 34.1 Å². The summed E-state index contributed by atoms with van der Waals surface area (Å²) in [6.45, 7) is 10.9. The Bertz CT molecular complexity index is 298. The van der Waals surface area contributed by atoms with Crippen molar-refractivity contribution in [2.75, 3.05) is 0 Å². The van der Waals surface area contributed by atoms with Crippen LogP contribution in [0.2, 0.25) is 0 Å². The molecule has 0 amide bonds. The first-order valence-electron chi connectivity index (χ1n) is 5.02. The maximum Gasteiger partial charge on any atom is 0.342 e. The highest BCUT2D eigenvalue weighted by molar-refractivity contribution is 5.99. The van der Waals surface area contributed by atoms with Crippen molar-refractivity contribution >= 4 is 11.9 Å². The predicted octanol–water partition coefficient (Wildman–Crippen LogP) is 2.62. The van der Waals surface area contributed by atoms with E-state index < -0.39 is 11.9 Å². The lowest BCUT2D eigenvalue weighted by Crippen LogP contribution is -2.17. The highest BCUT2D eigenvalue weighted by Gasteiger charge is 2.19. The van der Waals surface area contributed by atoms with Crippen molar-refractivity contribution in [2.24, 2.45) is 5.92 Å². The van der Waals surface area contributed by atoms with Crippen molar-refractivity contribution in [1.29, 1.82) is 0 Å². The SMILES string of the molecule is C=CC(=O)OC(=O)/C(=C(/C)CC)C(C)C. The topological polar surface area (TPSA) is 43.4 Å². The Morgan fingerprint density at radius 3 is 2.27 bits per heavy atom. The van der Waals surface area contributed by atoms with Gasteiger partial charge in [0.1, 0.15) is 0 Å². The molecule has 0 bridgehead atoms. The summed E-state index contributed by atoms with van der Waals surface area (Å²) in [7, 11) is 0. The van der Waals surface area contributed by atoms with E-state index in [2.05, 4.69) is 11.3 Å². The molecule has 3 nitrogen and oxygen atoms in total.